The van der Waals surface area contributed by atoms with Crippen molar-refractivity contribution in [3.8, 4) is 0 Å². The number of carbonyl (C=O) groups is 1. The fourth-order valence-corrected chi connectivity index (χ4v) is 3.45. The van der Waals surface area contributed by atoms with Crippen LogP contribution in [-0.2, 0) is 11.2 Å². The van der Waals surface area contributed by atoms with Crippen LogP contribution in [0, 0.1) is 5.41 Å². The summed E-state index contributed by atoms with van der Waals surface area (Å²) in [5.41, 5.74) is 2.48. The van der Waals surface area contributed by atoms with E-state index in [9.17, 15) is 9.90 Å². The zero-order valence-electron chi connectivity index (χ0n) is 15.3. The van der Waals surface area contributed by atoms with Crippen molar-refractivity contribution in [2.24, 2.45) is 5.41 Å². The first-order valence-corrected chi connectivity index (χ1v) is 9.15. The second-order valence-electron chi connectivity index (χ2n) is 7.49. The Labute approximate surface area is 146 Å². The highest BCUT2D eigenvalue weighted by Crippen LogP contribution is 2.36. The van der Waals surface area contributed by atoms with E-state index in [0.717, 1.165) is 32.2 Å². The third-order valence-electron chi connectivity index (χ3n) is 5.36. The Kier molecular flexibility index (Phi) is 6.81. The molecule has 0 aliphatic heterocycles. The van der Waals surface area contributed by atoms with Gasteiger partial charge in [-0.1, -0.05) is 44.0 Å². The molecule has 0 heterocycles. The Morgan fingerprint density at radius 1 is 1.33 bits per heavy atom. The van der Waals surface area contributed by atoms with E-state index in [1.54, 1.807) is 6.92 Å². The van der Waals surface area contributed by atoms with Crippen molar-refractivity contribution in [2.75, 3.05) is 13.1 Å². The predicted molar refractivity (Wildman–Crippen MR) is 97.8 cm³/mol. The van der Waals surface area contributed by atoms with Crippen LogP contribution in [0.3, 0.4) is 0 Å². The molecule has 0 aromatic heterocycles. The van der Waals surface area contributed by atoms with Crippen LogP contribution >= 0.6 is 0 Å². The van der Waals surface area contributed by atoms with Gasteiger partial charge in [-0.25, -0.2) is 0 Å². The summed E-state index contributed by atoms with van der Waals surface area (Å²) in [6.07, 6.45) is 5.04. The molecule has 134 valence electrons. The van der Waals surface area contributed by atoms with Gasteiger partial charge in [0.1, 0.15) is 0 Å². The molecule has 2 rings (SSSR count). The summed E-state index contributed by atoms with van der Waals surface area (Å²) in [7, 11) is 0. The van der Waals surface area contributed by atoms with E-state index in [1.165, 1.54) is 17.5 Å². The second kappa shape index (κ2) is 8.63. The Morgan fingerprint density at radius 2 is 2.04 bits per heavy atom. The van der Waals surface area contributed by atoms with Gasteiger partial charge in [-0.15, -0.1) is 0 Å². The van der Waals surface area contributed by atoms with Crippen molar-refractivity contribution in [1.82, 2.24) is 10.6 Å². The number of benzene rings is 1. The molecule has 1 amide bonds. The van der Waals surface area contributed by atoms with Gasteiger partial charge in [0.15, 0.2) is 0 Å². The lowest BCUT2D eigenvalue weighted by molar-refractivity contribution is -0.118. The maximum atomic E-state index is 10.9. The second-order valence-corrected chi connectivity index (χ2v) is 7.49. The molecule has 0 spiro atoms. The van der Waals surface area contributed by atoms with Gasteiger partial charge in [0.2, 0.25) is 5.91 Å². The van der Waals surface area contributed by atoms with Gasteiger partial charge < -0.3 is 15.7 Å². The average molecular weight is 332 g/mol. The van der Waals surface area contributed by atoms with Gasteiger partial charge in [-0.2, -0.15) is 0 Å². The Morgan fingerprint density at radius 3 is 2.67 bits per heavy atom. The van der Waals surface area contributed by atoms with Crippen molar-refractivity contribution in [1.29, 1.82) is 0 Å². The average Bonchev–Trinajstić information content (AvgIpc) is 2.56. The molecular formula is C20H32N2O2. The van der Waals surface area contributed by atoms with Gasteiger partial charge in [0, 0.05) is 31.5 Å². The predicted octanol–water partition coefficient (Wildman–Crippen LogP) is 2.96. The molecule has 3 unspecified atom stereocenters. The van der Waals surface area contributed by atoms with Crippen molar-refractivity contribution >= 4 is 5.91 Å². The molecule has 4 heteroatoms. The molecule has 0 radical (unpaired) electrons. The summed E-state index contributed by atoms with van der Waals surface area (Å²) in [4.78, 5) is 10.9. The summed E-state index contributed by atoms with van der Waals surface area (Å²) in [6, 6.07) is 8.83. The number of hydrogen-bond donors (Lipinski definition) is 3. The minimum atomic E-state index is -0.192. The fourth-order valence-electron chi connectivity index (χ4n) is 3.45. The molecule has 24 heavy (non-hydrogen) atoms. The molecular weight excluding hydrogens is 300 g/mol. The highest BCUT2D eigenvalue weighted by molar-refractivity contribution is 5.72. The van der Waals surface area contributed by atoms with E-state index in [0.29, 0.717) is 6.54 Å². The molecule has 1 aliphatic carbocycles. The lowest BCUT2D eigenvalue weighted by Gasteiger charge is -2.39. The topological polar surface area (TPSA) is 61.4 Å². The Hall–Kier alpha value is -1.39. The van der Waals surface area contributed by atoms with Crippen LogP contribution in [0.15, 0.2) is 24.3 Å². The van der Waals surface area contributed by atoms with Crippen LogP contribution in [0.1, 0.15) is 63.6 Å². The van der Waals surface area contributed by atoms with E-state index in [-0.39, 0.29) is 23.5 Å². The lowest BCUT2D eigenvalue weighted by atomic mass is 9.73. The van der Waals surface area contributed by atoms with Crippen molar-refractivity contribution in [2.45, 2.75) is 65.0 Å². The molecule has 1 aliphatic rings. The first-order chi connectivity index (χ1) is 11.4. The summed E-state index contributed by atoms with van der Waals surface area (Å²) >= 11 is 0. The molecule has 1 saturated carbocycles. The monoisotopic (exact) mass is 332 g/mol. The number of amides is 1. The van der Waals surface area contributed by atoms with Crippen LogP contribution in [0.2, 0.25) is 0 Å². The molecule has 0 bridgehead atoms. The summed E-state index contributed by atoms with van der Waals surface area (Å²) < 4.78 is 0. The van der Waals surface area contributed by atoms with Crippen molar-refractivity contribution in [3.63, 3.8) is 0 Å². The molecule has 1 aromatic carbocycles. The molecule has 0 saturated heterocycles. The van der Waals surface area contributed by atoms with E-state index >= 15 is 0 Å². The number of nitrogens with one attached hydrogen (secondary N) is 2. The van der Waals surface area contributed by atoms with Gasteiger partial charge in [-0.05, 0) is 37.3 Å². The first kappa shape index (κ1) is 18.9. The Bertz CT molecular complexity index is 529. The first-order valence-electron chi connectivity index (χ1n) is 9.15. The zero-order chi connectivity index (χ0) is 17.6. The molecule has 1 aromatic rings. The number of carbonyl (C=O) groups excluding carboxylic acids is 1. The number of aliphatic hydroxyl groups is 1. The summed E-state index contributed by atoms with van der Waals surface area (Å²) in [5.74, 6) is 0.0165. The van der Waals surface area contributed by atoms with E-state index < -0.39 is 0 Å². The molecule has 3 atom stereocenters. The third-order valence-corrected chi connectivity index (χ3v) is 5.36. The molecule has 4 nitrogen and oxygen atoms in total. The van der Waals surface area contributed by atoms with Crippen LogP contribution in [0.4, 0.5) is 0 Å². The molecule has 3 N–H and O–H groups in total. The van der Waals surface area contributed by atoms with Crippen molar-refractivity contribution in [3.05, 3.63) is 35.4 Å². The van der Waals surface area contributed by atoms with Crippen molar-refractivity contribution < 1.29 is 9.90 Å². The third kappa shape index (κ3) is 5.32. The van der Waals surface area contributed by atoms with Gasteiger partial charge >= 0.3 is 0 Å². The molecule has 1 fully saturated rings. The van der Waals surface area contributed by atoms with Gasteiger partial charge in [-0.3, -0.25) is 4.79 Å². The smallest absolute Gasteiger partial charge is 0.216 e. The maximum Gasteiger partial charge on any atom is 0.216 e. The normalized spacial score (nSPS) is 25.2. The zero-order valence-corrected chi connectivity index (χ0v) is 15.3. The van der Waals surface area contributed by atoms with E-state index in [1.807, 2.05) is 0 Å². The summed E-state index contributed by atoms with van der Waals surface area (Å²) in [5, 5.41) is 16.7. The Balaban J connectivity index is 1.83. The largest absolute Gasteiger partial charge is 0.393 e. The summed E-state index contributed by atoms with van der Waals surface area (Å²) in [6.45, 7) is 7.44. The SMILES string of the molecule is CC(=O)NCCc1ccc(C(C)NCC2(C)CCCCC2O)cc1. The minimum Gasteiger partial charge on any atom is -0.393 e. The number of aliphatic hydroxyl groups excluding tert-OH is 1. The standard InChI is InChI=1S/C20H32N2O2/c1-15(22-14-20(3)12-5-4-6-19(20)24)18-9-7-17(8-10-18)11-13-21-16(2)23/h7-10,15,19,22,24H,4-6,11-14H2,1-3H3,(H,21,23). The van der Waals surface area contributed by atoms with Crippen LogP contribution < -0.4 is 10.6 Å². The minimum absolute atomic E-state index is 0.00912. The highest BCUT2D eigenvalue weighted by atomic mass is 16.3. The number of hydrogen-bond acceptors (Lipinski definition) is 3. The van der Waals surface area contributed by atoms with E-state index in [2.05, 4.69) is 48.7 Å². The van der Waals surface area contributed by atoms with Gasteiger partial charge in [0.05, 0.1) is 6.10 Å². The lowest BCUT2D eigenvalue weighted by Crippen LogP contribution is -2.44. The highest BCUT2D eigenvalue weighted by Gasteiger charge is 2.35. The van der Waals surface area contributed by atoms with Crippen LogP contribution in [0.25, 0.3) is 0 Å². The van der Waals surface area contributed by atoms with E-state index in [4.69, 9.17) is 0 Å². The van der Waals surface area contributed by atoms with Crippen LogP contribution in [-0.4, -0.2) is 30.2 Å². The van der Waals surface area contributed by atoms with Crippen LogP contribution in [0.5, 0.6) is 0 Å². The fraction of sp³-hybridized carbons (Fsp3) is 0.650. The maximum absolute atomic E-state index is 10.9. The quantitative estimate of drug-likeness (QED) is 0.719. The van der Waals surface area contributed by atoms with Gasteiger partial charge in [0.25, 0.3) is 0 Å². The number of rotatable bonds is 7.